The quantitative estimate of drug-likeness (QED) is 0.664. The molecule has 1 atom stereocenters. The molecule has 28 heavy (non-hydrogen) atoms. The molecule has 0 saturated heterocycles. The first-order valence-electron chi connectivity index (χ1n) is 9.23. The van der Waals surface area contributed by atoms with Gasteiger partial charge in [-0.2, -0.15) is 5.10 Å². The molecule has 0 saturated carbocycles. The number of aromatic nitrogens is 4. The van der Waals surface area contributed by atoms with E-state index >= 15 is 0 Å². The fourth-order valence-electron chi connectivity index (χ4n) is 3.33. The van der Waals surface area contributed by atoms with Gasteiger partial charge in [-0.3, -0.25) is 4.57 Å². The first-order valence-corrected chi connectivity index (χ1v) is 11.0. The van der Waals surface area contributed by atoms with Crippen LogP contribution in [0.15, 0.2) is 27.7 Å². The molecule has 3 aromatic heterocycles. The molecule has 4 heterocycles. The first kappa shape index (κ1) is 18.9. The van der Waals surface area contributed by atoms with Crippen molar-refractivity contribution in [2.45, 2.75) is 51.9 Å². The predicted octanol–water partition coefficient (Wildman–Crippen LogP) is 2.12. The van der Waals surface area contributed by atoms with E-state index in [2.05, 4.69) is 20.7 Å². The second-order valence-corrected chi connectivity index (χ2v) is 8.89. The average molecular weight is 419 g/mol. The Morgan fingerprint density at radius 3 is 3.00 bits per heavy atom. The lowest BCUT2D eigenvalue weighted by Crippen LogP contribution is -2.42. The third-order valence-electron chi connectivity index (χ3n) is 4.73. The summed E-state index contributed by atoms with van der Waals surface area (Å²) in [6.07, 6.45) is 2.13. The second kappa shape index (κ2) is 8.27. The van der Waals surface area contributed by atoms with Crippen LogP contribution >= 0.6 is 22.7 Å². The average Bonchev–Trinajstić information content (AvgIpc) is 3.36. The summed E-state index contributed by atoms with van der Waals surface area (Å²) < 4.78 is 3.22. The van der Waals surface area contributed by atoms with Crippen molar-refractivity contribution in [3.8, 4) is 0 Å². The van der Waals surface area contributed by atoms with E-state index in [1.165, 1.54) is 4.68 Å². The molecular weight excluding hydrogens is 396 g/mol. The molecule has 10 heteroatoms. The Bertz CT molecular complexity index is 1000. The number of thiazole rings is 1. The van der Waals surface area contributed by atoms with Crippen LogP contribution in [0.25, 0.3) is 0 Å². The monoisotopic (exact) mass is 418 g/mol. The van der Waals surface area contributed by atoms with Crippen molar-refractivity contribution in [3.05, 3.63) is 54.8 Å². The van der Waals surface area contributed by atoms with Crippen LogP contribution in [0.1, 0.15) is 34.2 Å². The number of nitrogens with one attached hydrogen (secondary N) is 2. The highest BCUT2D eigenvalue weighted by Crippen LogP contribution is 2.13. The van der Waals surface area contributed by atoms with Crippen molar-refractivity contribution < 1.29 is 4.79 Å². The Kier molecular flexibility index (Phi) is 5.58. The van der Waals surface area contributed by atoms with Crippen molar-refractivity contribution >= 4 is 28.7 Å². The normalized spacial score (nSPS) is 16.4. The number of urea groups is 1. The maximum absolute atomic E-state index is 12.7. The highest BCUT2D eigenvalue weighted by molar-refractivity contribution is 7.10. The SMILES string of the molecule is Cc1nc(Cn2nc3n(c2=O)CCC(NC(=O)NCc2cccs2)CC3)cs1. The number of nitrogens with zero attached hydrogens (tertiary/aromatic N) is 4. The van der Waals surface area contributed by atoms with Crippen molar-refractivity contribution in [1.29, 1.82) is 0 Å². The molecule has 148 valence electrons. The molecule has 0 bridgehead atoms. The van der Waals surface area contributed by atoms with Gasteiger partial charge in [-0.25, -0.2) is 19.3 Å². The van der Waals surface area contributed by atoms with Gasteiger partial charge in [0, 0.05) is 29.3 Å². The molecule has 1 aliphatic rings. The van der Waals surface area contributed by atoms with Crippen LogP contribution in [0.2, 0.25) is 0 Å². The van der Waals surface area contributed by atoms with Crippen molar-refractivity contribution in [1.82, 2.24) is 30.0 Å². The third kappa shape index (κ3) is 4.33. The van der Waals surface area contributed by atoms with Crippen LogP contribution in [0.4, 0.5) is 4.79 Å². The molecule has 0 spiro atoms. The number of fused-ring (bicyclic) bond motifs is 1. The zero-order chi connectivity index (χ0) is 19.5. The van der Waals surface area contributed by atoms with E-state index in [4.69, 9.17) is 0 Å². The smallest absolute Gasteiger partial charge is 0.335 e. The molecule has 2 amide bonds. The number of amides is 2. The number of hydrogen-bond donors (Lipinski definition) is 2. The molecule has 3 aromatic rings. The summed E-state index contributed by atoms with van der Waals surface area (Å²) in [4.78, 5) is 30.4. The zero-order valence-corrected chi connectivity index (χ0v) is 17.2. The summed E-state index contributed by atoms with van der Waals surface area (Å²) in [5.74, 6) is 0.778. The van der Waals surface area contributed by atoms with Gasteiger partial charge in [0.25, 0.3) is 0 Å². The van der Waals surface area contributed by atoms with E-state index in [1.807, 2.05) is 29.8 Å². The Balaban J connectivity index is 1.34. The fraction of sp³-hybridized carbons (Fsp3) is 0.444. The van der Waals surface area contributed by atoms with Crippen LogP contribution in [-0.2, 0) is 26.1 Å². The maximum atomic E-state index is 12.7. The molecule has 0 aliphatic carbocycles. The largest absolute Gasteiger partial charge is 0.346 e. The van der Waals surface area contributed by atoms with E-state index < -0.39 is 0 Å². The minimum absolute atomic E-state index is 0.0269. The first-order chi connectivity index (χ1) is 13.6. The van der Waals surface area contributed by atoms with Crippen LogP contribution in [0.5, 0.6) is 0 Å². The van der Waals surface area contributed by atoms with Gasteiger partial charge in [0.15, 0.2) is 0 Å². The van der Waals surface area contributed by atoms with Crippen LogP contribution < -0.4 is 16.3 Å². The number of carbonyl (C=O) groups is 1. The standard InChI is InChI=1S/C18H22N6O2S2/c1-12-20-14(11-28-12)10-24-18(26)23-7-6-13(4-5-16(23)22-24)21-17(25)19-9-15-3-2-8-27-15/h2-3,8,11,13H,4-7,9-10H2,1H3,(H2,19,21,25). The minimum Gasteiger partial charge on any atom is -0.335 e. The summed E-state index contributed by atoms with van der Waals surface area (Å²) in [5.41, 5.74) is 0.753. The lowest BCUT2D eigenvalue weighted by atomic mass is 10.1. The number of carbonyl (C=O) groups excluding carboxylic acids is 1. The van der Waals surface area contributed by atoms with Crippen molar-refractivity contribution in [2.24, 2.45) is 0 Å². The molecule has 2 N–H and O–H groups in total. The number of rotatable bonds is 5. The lowest BCUT2D eigenvalue weighted by molar-refractivity contribution is 0.235. The van der Waals surface area contributed by atoms with Gasteiger partial charge in [-0.15, -0.1) is 22.7 Å². The summed E-state index contributed by atoms with van der Waals surface area (Å²) in [7, 11) is 0. The van der Waals surface area contributed by atoms with E-state index in [0.717, 1.165) is 27.8 Å². The second-order valence-electron chi connectivity index (χ2n) is 6.80. The van der Waals surface area contributed by atoms with Crippen LogP contribution in [-0.4, -0.2) is 31.4 Å². The fourth-order valence-corrected chi connectivity index (χ4v) is 4.58. The van der Waals surface area contributed by atoms with Gasteiger partial charge >= 0.3 is 11.7 Å². The number of aryl methyl sites for hydroxylation is 2. The summed E-state index contributed by atoms with van der Waals surface area (Å²) >= 11 is 3.19. The van der Waals surface area contributed by atoms with Crippen molar-refractivity contribution in [3.63, 3.8) is 0 Å². The summed E-state index contributed by atoms with van der Waals surface area (Å²) in [6.45, 7) is 3.43. The predicted molar refractivity (Wildman–Crippen MR) is 109 cm³/mol. The van der Waals surface area contributed by atoms with E-state index in [-0.39, 0.29) is 17.8 Å². The van der Waals surface area contributed by atoms with E-state index in [1.54, 1.807) is 27.2 Å². The molecular formula is C18H22N6O2S2. The Morgan fingerprint density at radius 2 is 2.25 bits per heavy atom. The van der Waals surface area contributed by atoms with E-state index in [0.29, 0.717) is 32.5 Å². The molecule has 0 radical (unpaired) electrons. The highest BCUT2D eigenvalue weighted by atomic mass is 32.1. The Hall–Kier alpha value is -2.46. The Morgan fingerprint density at radius 1 is 1.36 bits per heavy atom. The number of thiophene rings is 1. The van der Waals surface area contributed by atoms with Gasteiger partial charge < -0.3 is 10.6 Å². The Labute approximate surface area is 170 Å². The van der Waals surface area contributed by atoms with Gasteiger partial charge in [0.2, 0.25) is 0 Å². The molecule has 0 aromatic carbocycles. The van der Waals surface area contributed by atoms with Crippen molar-refractivity contribution in [2.75, 3.05) is 0 Å². The van der Waals surface area contributed by atoms with Gasteiger partial charge in [0.05, 0.1) is 23.8 Å². The summed E-state index contributed by atoms with van der Waals surface area (Å²) in [5, 5.41) is 15.3. The zero-order valence-electron chi connectivity index (χ0n) is 15.6. The lowest BCUT2D eigenvalue weighted by Gasteiger charge is -2.16. The van der Waals surface area contributed by atoms with Crippen LogP contribution in [0, 0.1) is 6.92 Å². The third-order valence-corrected chi connectivity index (χ3v) is 6.43. The summed E-state index contributed by atoms with van der Waals surface area (Å²) in [6, 6.07) is 3.82. The molecule has 8 nitrogen and oxygen atoms in total. The molecule has 4 rings (SSSR count). The van der Waals surface area contributed by atoms with Crippen LogP contribution in [0.3, 0.4) is 0 Å². The molecule has 1 unspecified atom stereocenters. The minimum atomic E-state index is -0.172. The van der Waals surface area contributed by atoms with Gasteiger partial charge in [0.1, 0.15) is 5.82 Å². The maximum Gasteiger partial charge on any atom is 0.346 e. The molecule has 0 fully saturated rings. The highest BCUT2D eigenvalue weighted by Gasteiger charge is 2.22. The number of hydrogen-bond acceptors (Lipinski definition) is 6. The van der Waals surface area contributed by atoms with E-state index in [9.17, 15) is 9.59 Å². The van der Waals surface area contributed by atoms with Gasteiger partial charge in [-0.1, -0.05) is 6.07 Å². The molecule has 1 aliphatic heterocycles. The topological polar surface area (TPSA) is 93.8 Å². The van der Waals surface area contributed by atoms with Gasteiger partial charge in [-0.05, 0) is 31.2 Å².